The fraction of sp³-hybridized carbons (Fsp3) is 0.300. The van der Waals surface area contributed by atoms with Gasteiger partial charge >= 0.3 is 6.09 Å². The fourth-order valence-electron chi connectivity index (χ4n) is 2.86. The summed E-state index contributed by atoms with van der Waals surface area (Å²) >= 11 is 0. The molecule has 0 spiro atoms. The van der Waals surface area contributed by atoms with Gasteiger partial charge in [-0.05, 0) is 24.3 Å². The van der Waals surface area contributed by atoms with Crippen molar-refractivity contribution in [1.29, 1.82) is 0 Å². The van der Waals surface area contributed by atoms with Crippen LogP contribution in [0.3, 0.4) is 0 Å². The summed E-state index contributed by atoms with van der Waals surface area (Å²) in [4.78, 5) is 28.3. The summed E-state index contributed by atoms with van der Waals surface area (Å²) in [7, 11) is 3.08. The highest BCUT2D eigenvalue weighted by molar-refractivity contribution is 5.95. The van der Waals surface area contributed by atoms with Crippen molar-refractivity contribution in [3.8, 4) is 17.2 Å². The van der Waals surface area contributed by atoms with E-state index in [0.717, 1.165) is 0 Å². The lowest BCUT2D eigenvalue weighted by Crippen LogP contribution is -2.51. The minimum absolute atomic E-state index is 0.122. The first kappa shape index (κ1) is 18.6. The molecule has 0 aliphatic carbocycles. The molecule has 3 rings (SSSR count). The van der Waals surface area contributed by atoms with E-state index in [1.165, 1.54) is 0 Å². The Morgan fingerprint density at radius 3 is 1.89 bits per heavy atom. The summed E-state index contributed by atoms with van der Waals surface area (Å²) in [5.74, 6) is 1.50. The van der Waals surface area contributed by atoms with Crippen LogP contribution >= 0.6 is 0 Å². The maximum Gasteiger partial charge on any atom is 0.415 e. The summed E-state index contributed by atoms with van der Waals surface area (Å²) in [6.45, 7) is 1.70. The van der Waals surface area contributed by atoms with E-state index in [-0.39, 0.29) is 5.91 Å². The zero-order valence-corrected chi connectivity index (χ0v) is 15.4. The number of benzene rings is 2. The monoisotopic (exact) mass is 370 g/mol. The van der Waals surface area contributed by atoms with Crippen molar-refractivity contribution in [2.75, 3.05) is 40.4 Å². The predicted molar refractivity (Wildman–Crippen MR) is 99.5 cm³/mol. The molecule has 1 heterocycles. The molecule has 0 unspecified atom stereocenters. The molecule has 0 saturated carbocycles. The molecule has 0 N–H and O–H groups in total. The number of amides is 2. The Morgan fingerprint density at radius 1 is 0.778 bits per heavy atom. The van der Waals surface area contributed by atoms with Crippen LogP contribution < -0.4 is 14.2 Å². The summed E-state index contributed by atoms with van der Waals surface area (Å²) < 4.78 is 15.8. The molecular formula is C20H22N2O5. The van der Waals surface area contributed by atoms with Gasteiger partial charge in [-0.3, -0.25) is 4.79 Å². The van der Waals surface area contributed by atoms with Crippen LogP contribution in [0.1, 0.15) is 10.4 Å². The minimum Gasteiger partial charge on any atom is -0.497 e. The topological polar surface area (TPSA) is 68.3 Å². The van der Waals surface area contributed by atoms with Crippen molar-refractivity contribution < 1.29 is 23.8 Å². The zero-order valence-electron chi connectivity index (χ0n) is 15.4. The Kier molecular flexibility index (Phi) is 5.80. The highest BCUT2D eigenvalue weighted by Gasteiger charge is 2.26. The fourth-order valence-corrected chi connectivity index (χ4v) is 2.86. The number of ether oxygens (including phenoxy) is 3. The minimum atomic E-state index is -0.406. The van der Waals surface area contributed by atoms with Crippen molar-refractivity contribution >= 4 is 12.0 Å². The van der Waals surface area contributed by atoms with Crippen LogP contribution in [0, 0.1) is 0 Å². The van der Waals surface area contributed by atoms with Gasteiger partial charge in [-0.25, -0.2) is 4.79 Å². The number of hydrogen-bond donors (Lipinski definition) is 0. The molecule has 1 aliphatic rings. The quantitative estimate of drug-likeness (QED) is 0.828. The molecule has 2 aromatic carbocycles. The van der Waals surface area contributed by atoms with Crippen LogP contribution in [0.15, 0.2) is 48.5 Å². The van der Waals surface area contributed by atoms with Crippen molar-refractivity contribution in [3.63, 3.8) is 0 Å². The number of hydrogen-bond acceptors (Lipinski definition) is 5. The van der Waals surface area contributed by atoms with Crippen LogP contribution in [-0.2, 0) is 0 Å². The van der Waals surface area contributed by atoms with Gasteiger partial charge in [-0.15, -0.1) is 0 Å². The second kappa shape index (κ2) is 8.44. The SMILES string of the molecule is COc1cc(OC)cc(C(=O)N2CCN(C(=O)Oc3ccccc3)CC2)c1. The number of rotatable bonds is 4. The van der Waals surface area contributed by atoms with Gasteiger partial charge in [0, 0.05) is 37.8 Å². The number of methoxy groups -OCH3 is 2. The van der Waals surface area contributed by atoms with Gasteiger partial charge in [0.1, 0.15) is 17.2 Å². The lowest BCUT2D eigenvalue weighted by Gasteiger charge is -2.34. The second-order valence-corrected chi connectivity index (χ2v) is 6.06. The van der Waals surface area contributed by atoms with E-state index in [1.807, 2.05) is 18.2 Å². The van der Waals surface area contributed by atoms with Crippen LogP contribution in [0.5, 0.6) is 17.2 Å². The average Bonchev–Trinajstić information content (AvgIpc) is 2.73. The van der Waals surface area contributed by atoms with E-state index < -0.39 is 6.09 Å². The zero-order chi connectivity index (χ0) is 19.2. The van der Waals surface area contributed by atoms with Gasteiger partial charge in [0.25, 0.3) is 5.91 Å². The molecule has 0 aromatic heterocycles. The van der Waals surface area contributed by atoms with Gasteiger partial charge in [0.15, 0.2) is 0 Å². The Labute approximate surface area is 158 Å². The first-order valence-electron chi connectivity index (χ1n) is 8.65. The lowest BCUT2D eigenvalue weighted by molar-refractivity contribution is 0.0633. The van der Waals surface area contributed by atoms with Crippen LogP contribution in [0.2, 0.25) is 0 Å². The molecule has 0 radical (unpaired) electrons. The highest BCUT2D eigenvalue weighted by atomic mass is 16.6. The normalized spacial score (nSPS) is 13.9. The molecule has 0 atom stereocenters. The molecular weight excluding hydrogens is 348 g/mol. The Balaban J connectivity index is 1.60. The van der Waals surface area contributed by atoms with E-state index in [2.05, 4.69) is 0 Å². The van der Waals surface area contributed by atoms with E-state index in [4.69, 9.17) is 14.2 Å². The van der Waals surface area contributed by atoms with Crippen molar-refractivity contribution in [1.82, 2.24) is 9.80 Å². The number of piperazine rings is 1. The molecule has 2 amide bonds. The number of carbonyl (C=O) groups is 2. The number of carbonyl (C=O) groups excluding carboxylic acids is 2. The third-order valence-electron chi connectivity index (χ3n) is 4.37. The number of nitrogens with zero attached hydrogens (tertiary/aromatic N) is 2. The summed E-state index contributed by atoms with van der Waals surface area (Å²) in [5, 5.41) is 0. The van der Waals surface area contributed by atoms with Gasteiger partial charge < -0.3 is 24.0 Å². The third kappa shape index (κ3) is 4.49. The highest BCUT2D eigenvalue weighted by Crippen LogP contribution is 2.24. The molecule has 1 aliphatic heterocycles. The molecule has 27 heavy (non-hydrogen) atoms. The Bertz CT molecular complexity index is 779. The van der Waals surface area contributed by atoms with E-state index in [9.17, 15) is 9.59 Å². The molecule has 7 heteroatoms. The van der Waals surface area contributed by atoms with E-state index >= 15 is 0 Å². The van der Waals surface area contributed by atoms with Gasteiger partial charge in [-0.1, -0.05) is 18.2 Å². The second-order valence-electron chi connectivity index (χ2n) is 6.06. The molecule has 1 saturated heterocycles. The smallest absolute Gasteiger partial charge is 0.415 e. The lowest BCUT2D eigenvalue weighted by atomic mass is 10.1. The van der Waals surface area contributed by atoms with Crippen LogP contribution in [0.4, 0.5) is 4.79 Å². The van der Waals surface area contributed by atoms with E-state index in [0.29, 0.717) is 49.0 Å². The largest absolute Gasteiger partial charge is 0.497 e. The maximum absolute atomic E-state index is 12.8. The van der Waals surface area contributed by atoms with Gasteiger partial charge in [0.2, 0.25) is 0 Å². The summed E-state index contributed by atoms with van der Waals surface area (Å²) in [5.41, 5.74) is 0.492. The summed E-state index contributed by atoms with van der Waals surface area (Å²) in [6.07, 6.45) is -0.406. The summed E-state index contributed by atoms with van der Waals surface area (Å²) in [6, 6.07) is 14.0. The van der Waals surface area contributed by atoms with Crippen molar-refractivity contribution in [3.05, 3.63) is 54.1 Å². The number of para-hydroxylation sites is 1. The van der Waals surface area contributed by atoms with E-state index in [1.54, 1.807) is 54.4 Å². The standard InChI is InChI=1S/C20H22N2O5/c1-25-17-12-15(13-18(14-17)26-2)19(23)21-8-10-22(11-9-21)20(24)27-16-6-4-3-5-7-16/h3-7,12-14H,8-11H2,1-2H3. The van der Waals surface area contributed by atoms with Gasteiger partial charge in [0.05, 0.1) is 14.2 Å². The predicted octanol–water partition coefficient (Wildman–Crippen LogP) is 2.66. The Hall–Kier alpha value is -3.22. The van der Waals surface area contributed by atoms with Crippen LogP contribution in [-0.4, -0.2) is 62.2 Å². The van der Waals surface area contributed by atoms with Crippen molar-refractivity contribution in [2.24, 2.45) is 0 Å². The molecule has 2 aromatic rings. The molecule has 0 bridgehead atoms. The van der Waals surface area contributed by atoms with Gasteiger partial charge in [-0.2, -0.15) is 0 Å². The maximum atomic E-state index is 12.8. The van der Waals surface area contributed by atoms with Crippen molar-refractivity contribution in [2.45, 2.75) is 0 Å². The average molecular weight is 370 g/mol. The third-order valence-corrected chi connectivity index (χ3v) is 4.37. The van der Waals surface area contributed by atoms with Crippen LogP contribution in [0.25, 0.3) is 0 Å². The Morgan fingerprint density at radius 2 is 1.33 bits per heavy atom. The molecule has 1 fully saturated rings. The first-order chi connectivity index (χ1) is 13.1. The molecule has 142 valence electrons. The first-order valence-corrected chi connectivity index (χ1v) is 8.65. The molecule has 7 nitrogen and oxygen atoms in total.